The fourth-order valence-corrected chi connectivity index (χ4v) is 2.72. The van der Waals surface area contributed by atoms with Gasteiger partial charge in [0.1, 0.15) is 6.20 Å². The van der Waals surface area contributed by atoms with Gasteiger partial charge in [-0.15, -0.1) is 17.0 Å². The summed E-state index contributed by atoms with van der Waals surface area (Å²) >= 11 is 0. The zero-order chi connectivity index (χ0) is 17.8. The lowest BCUT2D eigenvalue weighted by atomic mass is 10.1. The van der Waals surface area contributed by atoms with E-state index in [0.29, 0.717) is 5.96 Å². The zero-order valence-corrected chi connectivity index (χ0v) is 19.1. The van der Waals surface area contributed by atoms with Crippen molar-refractivity contribution in [3.63, 3.8) is 0 Å². The Morgan fingerprint density at radius 1 is 1.19 bits per heavy atom. The first-order valence-corrected chi connectivity index (χ1v) is 8.14. The highest BCUT2D eigenvalue weighted by Gasteiger charge is 2.15. The lowest BCUT2D eigenvalue weighted by Crippen LogP contribution is -3.00. The number of halogens is 2. The molecule has 0 aliphatic carbocycles. The molecule has 27 heavy (non-hydrogen) atoms. The molecule has 2 N–H and O–H groups in total. The number of fused-ring (bicyclic) bond motifs is 1. The summed E-state index contributed by atoms with van der Waals surface area (Å²) < 4.78 is 4.35. The molecule has 8 heteroatoms. The van der Waals surface area contributed by atoms with E-state index in [-0.39, 0.29) is 34.0 Å². The second kappa shape index (κ2) is 10.2. The second-order valence-corrected chi connectivity index (χ2v) is 5.86. The first-order chi connectivity index (χ1) is 12.1. The van der Waals surface area contributed by atoms with Crippen molar-refractivity contribution in [2.45, 2.75) is 6.92 Å². The minimum absolute atomic E-state index is 0. The Hall–Kier alpha value is -2.19. The summed E-state index contributed by atoms with van der Waals surface area (Å²) in [7, 11) is 5.59. The fraction of sp³-hybridized carbons (Fsp3) is 0.211. The SMILES string of the molecule is Br.CN=C(NC)N/N=C/c1ccc(-c2c[n+]3ccc(C)cc3n2C)cc1.[Br-]. The number of rotatable bonds is 3. The molecule has 0 aliphatic rings. The van der Waals surface area contributed by atoms with Crippen molar-refractivity contribution >= 4 is 34.8 Å². The van der Waals surface area contributed by atoms with Gasteiger partial charge in [0.2, 0.25) is 5.96 Å². The molecule has 0 saturated heterocycles. The van der Waals surface area contributed by atoms with Crippen molar-refractivity contribution in [1.29, 1.82) is 0 Å². The number of aryl methyl sites for hydroxylation is 2. The van der Waals surface area contributed by atoms with Gasteiger partial charge in [0.15, 0.2) is 5.69 Å². The average Bonchev–Trinajstić information content (AvgIpc) is 2.96. The van der Waals surface area contributed by atoms with Gasteiger partial charge in [-0.05, 0) is 36.2 Å². The molecule has 6 nitrogen and oxygen atoms in total. The van der Waals surface area contributed by atoms with E-state index in [9.17, 15) is 0 Å². The number of hydrogen-bond acceptors (Lipinski definition) is 2. The van der Waals surface area contributed by atoms with Gasteiger partial charge < -0.3 is 22.3 Å². The summed E-state index contributed by atoms with van der Waals surface area (Å²) in [6.07, 6.45) is 6.01. The highest BCUT2D eigenvalue weighted by molar-refractivity contribution is 8.93. The monoisotopic (exact) mass is 494 g/mol. The number of hydrogen-bond donors (Lipinski definition) is 2. The molecule has 0 atom stereocenters. The third-order valence-electron chi connectivity index (χ3n) is 4.14. The van der Waals surface area contributed by atoms with E-state index >= 15 is 0 Å². The summed E-state index contributed by atoms with van der Waals surface area (Å²) in [5, 5.41) is 7.08. The molecule has 0 unspecified atom stereocenters. The lowest BCUT2D eigenvalue weighted by Gasteiger charge is -2.02. The molecule has 3 rings (SSSR count). The van der Waals surface area contributed by atoms with Crippen molar-refractivity contribution in [2.24, 2.45) is 17.1 Å². The highest BCUT2D eigenvalue weighted by atomic mass is 79.9. The molecule has 0 bridgehead atoms. The summed E-state index contributed by atoms with van der Waals surface area (Å²) in [6.45, 7) is 2.11. The normalized spacial score (nSPS) is 11.2. The van der Waals surface area contributed by atoms with Crippen molar-refractivity contribution in [2.75, 3.05) is 14.1 Å². The van der Waals surface area contributed by atoms with Crippen LogP contribution < -0.4 is 32.1 Å². The van der Waals surface area contributed by atoms with Crippen LogP contribution in [0, 0.1) is 6.92 Å². The summed E-state index contributed by atoms with van der Waals surface area (Å²) in [5.74, 6) is 0.621. The molecular formula is C19H24Br2N6. The zero-order valence-electron chi connectivity index (χ0n) is 15.8. The number of benzene rings is 1. The number of guanidine groups is 1. The quantitative estimate of drug-likeness (QED) is 0.222. The highest BCUT2D eigenvalue weighted by Crippen LogP contribution is 2.20. The van der Waals surface area contributed by atoms with Gasteiger partial charge in [-0.1, -0.05) is 12.1 Å². The average molecular weight is 496 g/mol. The standard InChI is InChI=1S/C19H23N6.2BrH/c1-14-9-10-25-13-17(24(4)18(25)11-14)16-7-5-15(6-8-16)12-22-23-19(20-2)21-3;;/h5-13H,1-4H3,(H2,20,21,23);2*1H/q+1;;/p-1/b22-12+;;. The number of nitrogens with zero attached hydrogens (tertiary/aromatic N) is 4. The molecule has 0 saturated carbocycles. The lowest BCUT2D eigenvalue weighted by molar-refractivity contribution is -0.510. The van der Waals surface area contributed by atoms with Crippen LogP contribution in [0.4, 0.5) is 0 Å². The molecule has 0 amide bonds. The molecule has 0 aliphatic heterocycles. The molecule has 2 aromatic heterocycles. The topological polar surface area (TPSA) is 57.8 Å². The Bertz CT molecular complexity index is 945. The minimum atomic E-state index is 0. The maximum Gasteiger partial charge on any atom is 0.286 e. The van der Waals surface area contributed by atoms with E-state index in [4.69, 9.17) is 0 Å². The van der Waals surface area contributed by atoms with Crippen LogP contribution in [0.15, 0.2) is 58.9 Å². The van der Waals surface area contributed by atoms with Gasteiger partial charge in [-0.25, -0.2) is 14.4 Å². The van der Waals surface area contributed by atoms with Crippen LogP contribution in [0.1, 0.15) is 11.1 Å². The van der Waals surface area contributed by atoms with Gasteiger partial charge >= 0.3 is 0 Å². The van der Waals surface area contributed by atoms with Gasteiger partial charge in [0, 0.05) is 25.7 Å². The maximum absolute atomic E-state index is 4.17. The van der Waals surface area contributed by atoms with E-state index in [1.165, 1.54) is 22.5 Å². The molecular weight excluding hydrogens is 472 g/mol. The van der Waals surface area contributed by atoms with Crippen molar-refractivity contribution < 1.29 is 21.4 Å². The van der Waals surface area contributed by atoms with E-state index in [1.807, 2.05) is 0 Å². The molecule has 2 heterocycles. The molecule has 0 radical (unpaired) electrons. The Morgan fingerprint density at radius 2 is 1.89 bits per heavy atom. The summed E-state index contributed by atoms with van der Waals surface area (Å²) in [6, 6.07) is 12.6. The van der Waals surface area contributed by atoms with E-state index < -0.39 is 0 Å². The summed E-state index contributed by atoms with van der Waals surface area (Å²) in [5.41, 5.74) is 8.62. The van der Waals surface area contributed by atoms with Crippen LogP contribution in [0.3, 0.4) is 0 Å². The number of aromatic nitrogens is 2. The van der Waals surface area contributed by atoms with Crippen LogP contribution in [0.25, 0.3) is 16.9 Å². The Labute approximate surface area is 180 Å². The van der Waals surface area contributed by atoms with Gasteiger partial charge in [-0.2, -0.15) is 5.10 Å². The number of pyridine rings is 1. The van der Waals surface area contributed by atoms with Crippen LogP contribution >= 0.6 is 17.0 Å². The molecule has 3 aromatic rings. The van der Waals surface area contributed by atoms with E-state index in [1.54, 1.807) is 20.3 Å². The van der Waals surface area contributed by atoms with E-state index in [2.05, 4.69) is 92.6 Å². The smallest absolute Gasteiger partial charge is 0.286 e. The fourth-order valence-electron chi connectivity index (χ4n) is 2.72. The third kappa shape index (κ3) is 5.17. The number of aliphatic imine (C=N–C) groups is 1. The van der Waals surface area contributed by atoms with Crippen LogP contribution in [-0.4, -0.2) is 30.8 Å². The number of hydrazone groups is 1. The first kappa shape index (κ1) is 22.9. The molecule has 0 fully saturated rings. The first-order valence-electron chi connectivity index (χ1n) is 8.14. The third-order valence-corrected chi connectivity index (χ3v) is 4.14. The number of imidazole rings is 1. The molecule has 0 spiro atoms. The van der Waals surface area contributed by atoms with Crippen molar-refractivity contribution in [3.05, 3.63) is 59.9 Å². The molecule has 144 valence electrons. The van der Waals surface area contributed by atoms with Crippen molar-refractivity contribution in [3.8, 4) is 11.3 Å². The van der Waals surface area contributed by atoms with Crippen LogP contribution in [-0.2, 0) is 7.05 Å². The van der Waals surface area contributed by atoms with Gasteiger partial charge in [-0.3, -0.25) is 4.99 Å². The minimum Gasteiger partial charge on any atom is -1.00 e. The Morgan fingerprint density at radius 3 is 2.52 bits per heavy atom. The Balaban J connectivity index is 0.00000182. The van der Waals surface area contributed by atoms with Crippen LogP contribution in [0.2, 0.25) is 0 Å². The number of nitrogens with one attached hydrogen (secondary N) is 2. The van der Waals surface area contributed by atoms with Crippen molar-refractivity contribution in [1.82, 2.24) is 15.3 Å². The Kier molecular flexibility index (Phi) is 8.65. The predicted molar refractivity (Wildman–Crippen MR) is 112 cm³/mol. The summed E-state index contributed by atoms with van der Waals surface area (Å²) in [4.78, 5) is 4.00. The predicted octanol–water partition coefficient (Wildman–Crippen LogP) is -0.550. The molecule has 1 aromatic carbocycles. The maximum atomic E-state index is 4.17. The largest absolute Gasteiger partial charge is 1.00 e. The van der Waals surface area contributed by atoms with E-state index in [0.717, 1.165) is 5.56 Å². The van der Waals surface area contributed by atoms with Gasteiger partial charge in [0.25, 0.3) is 5.65 Å². The van der Waals surface area contributed by atoms with Crippen LogP contribution in [0.5, 0.6) is 0 Å². The second-order valence-electron chi connectivity index (χ2n) is 5.86. The van der Waals surface area contributed by atoms with Gasteiger partial charge in [0.05, 0.1) is 19.5 Å².